The van der Waals surface area contributed by atoms with Crippen LogP contribution >= 0.6 is 27.3 Å². The molecule has 0 radical (unpaired) electrons. The fraction of sp³-hybridized carbons (Fsp3) is 0.167. The number of halogens is 3. The first-order chi connectivity index (χ1) is 9.31. The Balaban J connectivity index is 2.30. The predicted octanol–water partition coefficient (Wildman–Crippen LogP) is 3.83. The smallest absolute Gasteiger partial charge is 0.207 e. The summed E-state index contributed by atoms with van der Waals surface area (Å²) >= 11 is 4.17. The highest BCUT2D eigenvalue weighted by molar-refractivity contribution is 9.10. The third-order valence-corrected chi connectivity index (χ3v) is 6.80. The summed E-state index contributed by atoms with van der Waals surface area (Å²) < 4.78 is 53.9. The Morgan fingerprint density at radius 2 is 2.00 bits per heavy atom. The number of sulfonamides is 1. The van der Waals surface area contributed by atoms with Gasteiger partial charge in [0.1, 0.15) is 15.8 Å². The molecular weight excluding hydrogens is 372 g/mol. The first kappa shape index (κ1) is 15.6. The molecule has 1 heterocycles. The average molecular weight is 382 g/mol. The van der Waals surface area contributed by atoms with Crippen LogP contribution in [0.3, 0.4) is 0 Å². The third kappa shape index (κ3) is 3.25. The van der Waals surface area contributed by atoms with E-state index in [4.69, 9.17) is 0 Å². The van der Waals surface area contributed by atoms with E-state index in [0.29, 0.717) is 4.47 Å². The monoisotopic (exact) mass is 381 g/mol. The van der Waals surface area contributed by atoms with Crippen LogP contribution in [0, 0.1) is 11.6 Å². The lowest BCUT2D eigenvalue weighted by Gasteiger charge is -2.15. The number of benzene rings is 1. The van der Waals surface area contributed by atoms with Gasteiger partial charge in [-0.1, -0.05) is 0 Å². The molecule has 108 valence electrons. The zero-order chi connectivity index (χ0) is 14.9. The van der Waals surface area contributed by atoms with Gasteiger partial charge in [-0.15, -0.1) is 11.3 Å². The van der Waals surface area contributed by atoms with Crippen LogP contribution in [0.4, 0.5) is 8.78 Å². The van der Waals surface area contributed by atoms with Gasteiger partial charge in [0.2, 0.25) is 0 Å². The van der Waals surface area contributed by atoms with Crippen molar-refractivity contribution in [3.8, 4) is 0 Å². The van der Waals surface area contributed by atoms with Crippen molar-refractivity contribution in [1.82, 2.24) is 4.72 Å². The van der Waals surface area contributed by atoms with Crippen molar-refractivity contribution >= 4 is 37.3 Å². The molecule has 8 heteroatoms. The standard InChI is InChI=1S/C12H10BrF2NO2S2/c1-7(9-6-8(14)2-3-11(9)15)16-20(17,18)12-10(13)4-5-19-12/h2-7,16H,1H3. The van der Waals surface area contributed by atoms with Crippen LogP contribution in [0.2, 0.25) is 0 Å². The van der Waals surface area contributed by atoms with Crippen LogP contribution in [0.25, 0.3) is 0 Å². The number of hydrogen-bond donors (Lipinski definition) is 1. The van der Waals surface area contributed by atoms with E-state index in [2.05, 4.69) is 20.7 Å². The number of rotatable bonds is 4. The second kappa shape index (κ2) is 5.88. The third-order valence-electron chi connectivity index (χ3n) is 2.59. The molecule has 0 aliphatic carbocycles. The quantitative estimate of drug-likeness (QED) is 0.874. The summed E-state index contributed by atoms with van der Waals surface area (Å²) in [7, 11) is -3.79. The fourth-order valence-electron chi connectivity index (χ4n) is 1.67. The maximum Gasteiger partial charge on any atom is 0.251 e. The second-order valence-electron chi connectivity index (χ2n) is 4.06. The lowest BCUT2D eigenvalue weighted by Crippen LogP contribution is -2.27. The van der Waals surface area contributed by atoms with Gasteiger partial charge in [0.15, 0.2) is 0 Å². The number of hydrogen-bond acceptors (Lipinski definition) is 3. The molecule has 0 saturated carbocycles. The molecule has 0 fully saturated rings. The minimum atomic E-state index is -3.79. The second-order valence-corrected chi connectivity index (χ2v) is 7.74. The molecule has 0 aliphatic rings. The topological polar surface area (TPSA) is 46.2 Å². The van der Waals surface area contributed by atoms with Gasteiger partial charge in [-0.05, 0) is 52.5 Å². The minimum absolute atomic E-state index is 0.0405. The first-order valence-electron chi connectivity index (χ1n) is 5.51. The van der Waals surface area contributed by atoms with Crippen molar-refractivity contribution in [1.29, 1.82) is 0 Å². The zero-order valence-corrected chi connectivity index (χ0v) is 13.4. The number of thiophene rings is 1. The molecule has 1 aromatic carbocycles. The van der Waals surface area contributed by atoms with Crippen LogP contribution in [0.1, 0.15) is 18.5 Å². The molecule has 20 heavy (non-hydrogen) atoms. The molecule has 3 nitrogen and oxygen atoms in total. The fourth-order valence-corrected chi connectivity index (χ4v) is 5.24. The highest BCUT2D eigenvalue weighted by Crippen LogP contribution is 2.29. The van der Waals surface area contributed by atoms with Crippen molar-refractivity contribution in [3.63, 3.8) is 0 Å². The molecule has 0 spiro atoms. The van der Waals surface area contributed by atoms with E-state index in [1.165, 1.54) is 6.92 Å². The highest BCUT2D eigenvalue weighted by atomic mass is 79.9. The van der Waals surface area contributed by atoms with Crippen molar-refractivity contribution in [3.05, 3.63) is 51.3 Å². The summed E-state index contributed by atoms with van der Waals surface area (Å²) in [4.78, 5) is 0. The van der Waals surface area contributed by atoms with E-state index in [1.54, 1.807) is 11.4 Å². The molecule has 1 N–H and O–H groups in total. The van der Waals surface area contributed by atoms with Crippen LogP contribution < -0.4 is 4.72 Å². The summed E-state index contributed by atoms with van der Waals surface area (Å²) in [6, 6.07) is 3.65. The Hall–Kier alpha value is -0.830. The van der Waals surface area contributed by atoms with Gasteiger partial charge in [0.05, 0.1) is 0 Å². The van der Waals surface area contributed by atoms with Gasteiger partial charge < -0.3 is 0 Å². The van der Waals surface area contributed by atoms with Gasteiger partial charge in [-0.25, -0.2) is 21.9 Å². The average Bonchev–Trinajstić information content (AvgIpc) is 2.79. The summed E-state index contributed by atoms with van der Waals surface area (Å²) in [6.07, 6.45) is 0. The molecular formula is C12H10BrF2NO2S2. The molecule has 1 atom stereocenters. The van der Waals surface area contributed by atoms with E-state index in [9.17, 15) is 17.2 Å². The van der Waals surface area contributed by atoms with Crippen molar-refractivity contribution in [2.24, 2.45) is 0 Å². The molecule has 2 rings (SSSR count). The summed E-state index contributed by atoms with van der Waals surface area (Å²) in [5.41, 5.74) is -0.0405. The normalized spacial score (nSPS) is 13.4. The molecule has 0 aliphatic heterocycles. The summed E-state index contributed by atoms with van der Waals surface area (Å²) in [5, 5.41) is 1.62. The molecule has 1 unspecified atom stereocenters. The number of nitrogens with one attached hydrogen (secondary N) is 1. The van der Waals surface area contributed by atoms with E-state index in [1.807, 2.05) is 0 Å². The largest absolute Gasteiger partial charge is 0.251 e. The minimum Gasteiger partial charge on any atom is -0.207 e. The van der Waals surface area contributed by atoms with Crippen molar-refractivity contribution in [2.45, 2.75) is 17.2 Å². The van der Waals surface area contributed by atoms with E-state index in [0.717, 1.165) is 29.5 Å². The predicted molar refractivity (Wildman–Crippen MR) is 77.1 cm³/mol. The first-order valence-corrected chi connectivity index (χ1v) is 8.67. The van der Waals surface area contributed by atoms with Gasteiger partial charge in [-0.3, -0.25) is 0 Å². The Morgan fingerprint density at radius 3 is 2.60 bits per heavy atom. The van der Waals surface area contributed by atoms with Gasteiger partial charge in [0, 0.05) is 16.1 Å². The summed E-state index contributed by atoms with van der Waals surface area (Å²) in [6.45, 7) is 1.46. The van der Waals surface area contributed by atoms with Gasteiger partial charge in [-0.2, -0.15) is 0 Å². The van der Waals surface area contributed by atoms with Crippen LogP contribution in [-0.2, 0) is 10.0 Å². The molecule has 1 aromatic heterocycles. The van der Waals surface area contributed by atoms with Crippen LogP contribution in [0.15, 0.2) is 38.3 Å². The van der Waals surface area contributed by atoms with Crippen molar-refractivity contribution in [2.75, 3.05) is 0 Å². The van der Waals surface area contributed by atoms with Crippen molar-refractivity contribution < 1.29 is 17.2 Å². The summed E-state index contributed by atoms with van der Waals surface area (Å²) in [5.74, 6) is -1.28. The maximum atomic E-state index is 13.6. The van der Waals surface area contributed by atoms with Gasteiger partial charge >= 0.3 is 0 Å². The van der Waals surface area contributed by atoms with Crippen LogP contribution in [0.5, 0.6) is 0 Å². The molecule has 0 bridgehead atoms. The Labute approximate surface area is 127 Å². The highest BCUT2D eigenvalue weighted by Gasteiger charge is 2.23. The van der Waals surface area contributed by atoms with Crippen LogP contribution in [-0.4, -0.2) is 8.42 Å². The Kier molecular flexibility index (Phi) is 4.58. The SMILES string of the molecule is CC(NS(=O)(=O)c1sccc1Br)c1cc(F)ccc1F. The van der Waals surface area contributed by atoms with Gasteiger partial charge in [0.25, 0.3) is 10.0 Å². The van der Waals surface area contributed by atoms with E-state index < -0.39 is 27.7 Å². The molecule has 2 aromatic rings. The van der Waals surface area contributed by atoms with E-state index in [-0.39, 0.29) is 9.77 Å². The Morgan fingerprint density at radius 1 is 1.30 bits per heavy atom. The van der Waals surface area contributed by atoms with E-state index >= 15 is 0 Å². The Bertz CT molecular complexity index is 731. The lowest BCUT2D eigenvalue weighted by molar-refractivity contribution is 0.542. The lowest BCUT2D eigenvalue weighted by atomic mass is 10.1. The molecule has 0 saturated heterocycles. The maximum absolute atomic E-state index is 13.6. The molecule has 0 amide bonds. The zero-order valence-electron chi connectivity index (χ0n) is 10.2.